The zero-order chi connectivity index (χ0) is 21.1. The van der Waals surface area contributed by atoms with Crippen LogP contribution in [-0.4, -0.2) is 22.1 Å². The maximum Gasteiger partial charge on any atom is 0.338 e. The lowest BCUT2D eigenvalue weighted by molar-refractivity contribution is 0.0526. The summed E-state index contributed by atoms with van der Waals surface area (Å²) in [5.41, 5.74) is 2.81. The van der Waals surface area contributed by atoms with E-state index in [0.717, 1.165) is 22.0 Å². The maximum absolute atomic E-state index is 13.3. The third-order valence-electron chi connectivity index (χ3n) is 4.49. The smallest absolute Gasteiger partial charge is 0.338 e. The van der Waals surface area contributed by atoms with Crippen LogP contribution in [0.15, 0.2) is 64.4 Å². The van der Waals surface area contributed by atoms with E-state index < -0.39 is 0 Å². The van der Waals surface area contributed by atoms with E-state index in [1.165, 1.54) is 23.9 Å². The molecule has 0 fully saturated rings. The van der Waals surface area contributed by atoms with Gasteiger partial charge in [0.25, 0.3) is 0 Å². The third-order valence-corrected chi connectivity index (χ3v) is 5.87. The average Bonchev–Trinajstić information content (AvgIpc) is 3.35. The molecule has 30 heavy (non-hydrogen) atoms. The molecule has 0 unspecified atom stereocenters. The van der Waals surface area contributed by atoms with Gasteiger partial charge in [-0.1, -0.05) is 29.4 Å². The van der Waals surface area contributed by atoms with Crippen molar-refractivity contribution in [2.45, 2.75) is 24.4 Å². The SMILES string of the molecule is CCOC(=O)c1ccc2c(c1)nc(SCc1ccc(F)cc1Cl)n2Cc1ccco1. The van der Waals surface area contributed by atoms with Gasteiger partial charge in [-0.05, 0) is 55.0 Å². The maximum atomic E-state index is 13.3. The highest BCUT2D eigenvalue weighted by molar-refractivity contribution is 7.98. The monoisotopic (exact) mass is 444 g/mol. The molecule has 5 nitrogen and oxygen atoms in total. The topological polar surface area (TPSA) is 57.3 Å². The lowest BCUT2D eigenvalue weighted by atomic mass is 10.2. The van der Waals surface area contributed by atoms with Crippen molar-refractivity contribution in [1.29, 1.82) is 0 Å². The Morgan fingerprint density at radius 2 is 2.13 bits per heavy atom. The van der Waals surface area contributed by atoms with Gasteiger partial charge in [0, 0.05) is 10.8 Å². The van der Waals surface area contributed by atoms with Crippen molar-refractivity contribution in [2.75, 3.05) is 6.61 Å². The van der Waals surface area contributed by atoms with E-state index in [1.807, 2.05) is 22.8 Å². The Morgan fingerprint density at radius 3 is 2.87 bits per heavy atom. The highest BCUT2D eigenvalue weighted by Crippen LogP contribution is 2.30. The van der Waals surface area contributed by atoms with Crippen molar-refractivity contribution in [3.8, 4) is 0 Å². The van der Waals surface area contributed by atoms with Crippen LogP contribution in [-0.2, 0) is 17.0 Å². The molecule has 154 valence electrons. The predicted molar refractivity (Wildman–Crippen MR) is 114 cm³/mol. The minimum atomic E-state index is -0.382. The Hall–Kier alpha value is -2.77. The van der Waals surface area contributed by atoms with E-state index in [1.54, 1.807) is 31.4 Å². The lowest BCUT2D eigenvalue weighted by Gasteiger charge is -2.08. The first-order valence-corrected chi connectivity index (χ1v) is 10.7. The van der Waals surface area contributed by atoms with Crippen LogP contribution in [0.25, 0.3) is 11.0 Å². The number of esters is 1. The van der Waals surface area contributed by atoms with Crippen molar-refractivity contribution >= 4 is 40.4 Å². The van der Waals surface area contributed by atoms with Gasteiger partial charge in [0.1, 0.15) is 11.6 Å². The quantitative estimate of drug-likeness (QED) is 0.261. The molecule has 4 aromatic rings. The molecule has 0 spiro atoms. The van der Waals surface area contributed by atoms with E-state index in [9.17, 15) is 9.18 Å². The number of benzene rings is 2. The Bertz CT molecular complexity index is 1190. The minimum absolute atomic E-state index is 0.309. The number of ether oxygens (including phenoxy) is 1. The summed E-state index contributed by atoms with van der Waals surface area (Å²) in [6.07, 6.45) is 1.62. The summed E-state index contributed by atoms with van der Waals surface area (Å²) in [7, 11) is 0. The van der Waals surface area contributed by atoms with Gasteiger partial charge in [-0.2, -0.15) is 0 Å². The molecule has 4 rings (SSSR count). The summed E-state index contributed by atoms with van der Waals surface area (Å²) in [6, 6.07) is 13.4. The summed E-state index contributed by atoms with van der Waals surface area (Å²) in [4.78, 5) is 16.8. The van der Waals surface area contributed by atoms with E-state index in [0.29, 0.717) is 35.0 Å². The number of furan rings is 1. The van der Waals surface area contributed by atoms with Gasteiger partial charge in [0.15, 0.2) is 5.16 Å². The van der Waals surface area contributed by atoms with E-state index in [-0.39, 0.29) is 11.8 Å². The summed E-state index contributed by atoms with van der Waals surface area (Å²) in [6.45, 7) is 2.56. The first-order chi connectivity index (χ1) is 14.5. The fourth-order valence-electron chi connectivity index (χ4n) is 3.05. The summed E-state index contributed by atoms with van der Waals surface area (Å²) in [5, 5.41) is 1.11. The van der Waals surface area contributed by atoms with Crippen LogP contribution in [0.5, 0.6) is 0 Å². The molecule has 0 bridgehead atoms. The van der Waals surface area contributed by atoms with Gasteiger partial charge in [-0.3, -0.25) is 0 Å². The zero-order valence-corrected chi connectivity index (χ0v) is 17.7. The van der Waals surface area contributed by atoms with Crippen LogP contribution in [0.2, 0.25) is 5.02 Å². The molecule has 0 N–H and O–H groups in total. The van der Waals surface area contributed by atoms with Crippen molar-refractivity contribution in [3.05, 3.63) is 82.5 Å². The average molecular weight is 445 g/mol. The molecule has 0 atom stereocenters. The molecular formula is C22H18ClFN2O3S. The van der Waals surface area contributed by atoms with Gasteiger partial charge in [0.05, 0.1) is 36.0 Å². The van der Waals surface area contributed by atoms with Crippen LogP contribution in [0.4, 0.5) is 4.39 Å². The summed E-state index contributed by atoms with van der Waals surface area (Å²) in [5.74, 6) is 0.550. The molecule has 8 heteroatoms. The number of fused-ring (bicyclic) bond motifs is 1. The highest BCUT2D eigenvalue weighted by Gasteiger charge is 2.16. The van der Waals surface area contributed by atoms with Crippen LogP contribution >= 0.6 is 23.4 Å². The normalized spacial score (nSPS) is 11.2. The van der Waals surface area contributed by atoms with Crippen molar-refractivity contribution in [3.63, 3.8) is 0 Å². The number of rotatable bonds is 7. The van der Waals surface area contributed by atoms with E-state index in [2.05, 4.69) is 0 Å². The molecule has 0 saturated carbocycles. The molecule has 0 aliphatic heterocycles. The van der Waals surface area contributed by atoms with Crippen LogP contribution in [0.1, 0.15) is 28.6 Å². The Kier molecular flexibility index (Phi) is 6.11. The molecule has 2 aromatic carbocycles. The Morgan fingerprint density at radius 1 is 1.27 bits per heavy atom. The van der Waals surface area contributed by atoms with Crippen molar-refractivity contribution in [1.82, 2.24) is 9.55 Å². The Labute approximate surface area is 181 Å². The molecule has 0 radical (unpaired) electrons. The number of halogens is 2. The lowest BCUT2D eigenvalue weighted by Crippen LogP contribution is -2.04. The van der Waals surface area contributed by atoms with Crippen LogP contribution < -0.4 is 0 Å². The number of hydrogen-bond donors (Lipinski definition) is 0. The van der Waals surface area contributed by atoms with Crippen molar-refractivity contribution < 1.29 is 18.3 Å². The molecule has 0 aliphatic rings. The summed E-state index contributed by atoms with van der Waals surface area (Å²) >= 11 is 7.65. The second-order valence-corrected chi connectivity index (χ2v) is 7.86. The fourth-order valence-corrected chi connectivity index (χ4v) is 4.38. The molecular weight excluding hydrogens is 427 g/mol. The van der Waals surface area contributed by atoms with Gasteiger partial charge >= 0.3 is 5.97 Å². The van der Waals surface area contributed by atoms with Gasteiger partial charge < -0.3 is 13.7 Å². The molecule has 0 saturated heterocycles. The van der Waals surface area contributed by atoms with Crippen LogP contribution in [0, 0.1) is 5.82 Å². The van der Waals surface area contributed by atoms with E-state index in [4.69, 9.17) is 25.7 Å². The first-order valence-electron chi connectivity index (χ1n) is 9.31. The predicted octanol–water partition coefficient (Wildman–Crippen LogP) is 5.94. The second-order valence-electron chi connectivity index (χ2n) is 6.51. The number of carbonyl (C=O) groups is 1. The summed E-state index contributed by atoms with van der Waals surface area (Å²) < 4.78 is 25.9. The molecule has 0 aliphatic carbocycles. The van der Waals surface area contributed by atoms with Crippen molar-refractivity contribution in [2.24, 2.45) is 0 Å². The molecule has 2 heterocycles. The molecule has 2 aromatic heterocycles. The number of carbonyl (C=O) groups excluding carboxylic acids is 1. The number of aromatic nitrogens is 2. The fraction of sp³-hybridized carbons (Fsp3) is 0.182. The number of thioether (sulfide) groups is 1. The first kappa shape index (κ1) is 20.5. The minimum Gasteiger partial charge on any atom is -0.467 e. The van der Waals surface area contributed by atoms with Gasteiger partial charge in [-0.15, -0.1) is 0 Å². The second kappa shape index (κ2) is 8.93. The largest absolute Gasteiger partial charge is 0.467 e. The highest BCUT2D eigenvalue weighted by atomic mass is 35.5. The van der Waals surface area contributed by atoms with Gasteiger partial charge in [-0.25, -0.2) is 14.2 Å². The number of imidazole rings is 1. The van der Waals surface area contributed by atoms with E-state index >= 15 is 0 Å². The number of nitrogens with zero attached hydrogens (tertiary/aromatic N) is 2. The number of hydrogen-bond acceptors (Lipinski definition) is 5. The van der Waals surface area contributed by atoms with Gasteiger partial charge in [0.2, 0.25) is 0 Å². The van der Waals surface area contributed by atoms with Crippen LogP contribution in [0.3, 0.4) is 0 Å². The third kappa shape index (κ3) is 4.37. The standard InChI is InChI=1S/C22H18ClFN2O3S/c1-2-28-21(27)14-6-8-20-19(10-14)25-22(26(20)12-17-4-3-9-29-17)30-13-15-5-7-16(24)11-18(15)23/h3-11H,2,12-13H2,1H3. The molecule has 0 amide bonds. The zero-order valence-electron chi connectivity index (χ0n) is 16.1. The Balaban J connectivity index is 1.69.